The molecule has 2 saturated carbocycles. The minimum Gasteiger partial charge on any atom is -0.389 e. The molecule has 0 aliphatic heterocycles. The Bertz CT molecular complexity index is 403. The fraction of sp³-hybridized carbons (Fsp3) is 0.571. The van der Waals surface area contributed by atoms with Crippen LogP contribution in [0.1, 0.15) is 31.2 Å². The summed E-state index contributed by atoms with van der Waals surface area (Å²) in [5.74, 6) is 1.30. The third-order valence-electron chi connectivity index (χ3n) is 4.34. The van der Waals surface area contributed by atoms with Gasteiger partial charge in [0.15, 0.2) is 0 Å². The highest BCUT2D eigenvalue weighted by atomic mass is 35.5. The Morgan fingerprint density at radius 1 is 1.38 bits per heavy atom. The second-order valence-electron chi connectivity index (χ2n) is 5.49. The van der Waals surface area contributed by atoms with Gasteiger partial charge in [0.05, 0.1) is 5.60 Å². The van der Waals surface area contributed by atoms with E-state index in [0.29, 0.717) is 5.92 Å². The monoisotopic (exact) mass is 236 g/mol. The van der Waals surface area contributed by atoms with Gasteiger partial charge >= 0.3 is 0 Å². The molecule has 0 spiro atoms. The Balaban J connectivity index is 1.79. The van der Waals surface area contributed by atoms with Gasteiger partial charge in [-0.3, -0.25) is 0 Å². The first-order valence-electron chi connectivity index (χ1n) is 6.12. The van der Waals surface area contributed by atoms with E-state index < -0.39 is 5.60 Å². The van der Waals surface area contributed by atoms with E-state index in [1.54, 1.807) is 0 Å². The van der Waals surface area contributed by atoms with Crippen LogP contribution in [0.3, 0.4) is 0 Å². The number of aliphatic hydroxyl groups is 1. The number of hydrogen-bond donors (Lipinski definition) is 1. The van der Waals surface area contributed by atoms with E-state index in [2.05, 4.69) is 6.07 Å². The maximum atomic E-state index is 10.7. The van der Waals surface area contributed by atoms with Crippen molar-refractivity contribution in [3.63, 3.8) is 0 Å². The summed E-state index contributed by atoms with van der Waals surface area (Å²) in [5, 5.41) is 11.5. The molecule has 1 nitrogen and oxygen atoms in total. The van der Waals surface area contributed by atoms with Gasteiger partial charge in [0, 0.05) is 11.4 Å². The standard InChI is InChI=1S/C14H17ClO/c15-13-3-1-2-10(7-13)8-14(16)9-11-4-5-12(14)6-11/h1-3,7,11-12,16H,4-6,8-9H2. The van der Waals surface area contributed by atoms with Crippen molar-refractivity contribution >= 4 is 11.6 Å². The van der Waals surface area contributed by atoms with Crippen molar-refractivity contribution in [3.8, 4) is 0 Å². The fourth-order valence-electron chi connectivity index (χ4n) is 3.63. The Kier molecular flexibility index (Phi) is 2.49. The smallest absolute Gasteiger partial charge is 0.0718 e. The van der Waals surface area contributed by atoms with Crippen molar-refractivity contribution in [2.24, 2.45) is 11.8 Å². The second-order valence-corrected chi connectivity index (χ2v) is 5.93. The zero-order valence-corrected chi connectivity index (χ0v) is 10.1. The second kappa shape index (κ2) is 3.75. The maximum Gasteiger partial charge on any atom is 0.0718 e. The summed E-state index contributed by atoms with van der Waals surface area (Å²) in [7, 11) is 0. The van der Waals surface area contributed by atoms with Gasteiger partial charge in [-0.15, -0.1) is 0 Å². The molecular formula is C14H17ClO. The lowest BCUT2D eigenvalue weighted by molar-refractivity contribution is -0.0125. The van der Waals surface area contributed by atoms with Gasteiger partial charge in [-0.05, 0) is 55.2 Å². The molecule has 2 bridgehead atoms. The fourth-order valence-corrected chi connectivity index (χ4v) is 3.84. The van der Waals surface area contributed by atoms with E-state index in [1.807, 2.05) is 18.2 Å². The van der Waals surface area contributed by atoms with E-state index >= 15 is 0 Å². The molecule has 3 rings (SSSR count). The quantitative estimate of drug-likeness (QED) is 0.834. The molecule has 2 heteroatoms. The Hall–Kier alpha value is -0.530. The summed E-state index contributed by atoms with van der Waals surface area (Å²) in [6.45, 7) is 0. The Morgan fingerprint density at radius 2 is 2.25 bits per heavy atom. The lowest BCUT2D eigenvalue weighted by Gasteiger charge is -2.32. The Labute approximate surface area is 101 Å². The molecule has 1 aromatic rings. The summed E-state index contributed by atoms with van der Waals surface area (Å²) in [6, 6.07) is 7.89. The molecule has 16 heavy (non-hydrogen) atoms. The van der Waals surface area contributed by atoms with E-state index in [-0.39, 0.29) is 0 Å². The van der Waals surface area contributed by atoms with Crippen LogP contribution in [0.5, 0.6) is 0 Å². The molecule has 0 amide bonds. The summed E-state index contributed by atoms with van der Waals surface area (Å²) in [5.41, 5.74) is 0.718. The summed E-state index contributed by atoms with van der Waals surface area (Å²) >= 11 is 5.97. The normalized spacial score (nSPS) is 36.9. The molecule has 2 aliphatic carbocycles. The average molecular weight is 237 g/mol. The predicted molar refractivity (Wildman–Crippen MR) is 65.6 cm³/mol. The van der Waals surface area contributed by atoms with E-state index in [1.165, 1.54) is 24.8 Å². The number of halogens is 1. The molecule has 3 unspecified atom stereocenters. The van der Waals surface area contributed by atoms with Gasteiger partial charge in [-0.2, -0.15) is 0 Å². The summed E-state index contributed by atoms with van der Waals surface area (Å²) in [6.07, 6.45) is 5.53. The SMILES string of the molecule is OC1(Cc2cccc(Cl)c2)CC2CCC1C2. The molecular weight excluding hydrogens is 220 g/mol. The minimum absolute atomic E-state index is 0.451. The zero-order chi connectivity index (χ0) is 11.2. The first-order valence-corrected chi connectivity index (χ1v) is 6.50. The third-order valence-corrected chi connectivity index (χ3v) is 4.58. The summed E-state index contributed by atoms with van der Waals surface area (Å²) < 4.78 is 0. The molecule has 0 saturated heterocycles. The van der Waals surface area contributed by atoms with Gasteiger partial charge < -0.3 is 5.11 Å². The third kappa shape index (κ3) is 1.76. The molecule has 2 aliphatic rings. The van der Waals surface area contributed by atoms with Crippen LogP contribution in [-0.4, -0.2) is 10.7 Å². The molecule has 1 aromatic carbocycles. The van der Waals surface area contributed by atoms with Crippen LogP contribution in [-0.2, 0) is 6.42 Å². The van der Waals surface area contributed by atoms with Crippen LogP contribution in [0.15, 0.2) is 24.3 Å². The van der Waals surface area contributed by atoms with Crippen molar-refractivity contribution in [1.29, 1.82) is 0 Å². The van der Waals surface area contributed by atoms with Crippen LogP contribution in [0.25, 0.3) is 0 Å². The van der Waals surface area contributed by atoms with E-state index in [9.17, 15) is 5.11 Å². The van der Waals surface area contributed by atoms with Crippen molar-refractivity contribution in [3.05, 3.63) is 34.9 Å². The van der Waals surface area contributed by atoms with E-state index in [4.69, 9.17) is 11.6 Å². The lowest BCUT2D eigenvalue weighted by atomic mass is 9.80. The molecule has 1 N–H and O–H groups in total. The highest BCUT2D eigenvalue weighted by Crippen LogP contribution is 2.51. The van der Waals surface area contributed by atoms with Gasteiger partial charge in [0.2, 0.25) is 0 Å². The number of rotatable bonds is 2. The topological polar surface area (TPSA) is 20.2 Å². The molecule has 0 radical (unpaired) electrons. The van der Waals surface area contributed by atoms with Crippen LogP contribution in [0.4, 0.5) is 0 Å². The lowest BCUT2D eigenvalue weighted by Crippen LogP contribution is -2.37. The van der Waals surface area contributed by atoms with Gasteiger partial charge in [-0.25, -0.2) is 0 Å². The number of hydrogen-bond acceptors (Lipinski definition) is 1. The van der Waals surface area contributed by atoms with Crippen LogP contribution >= 0.6 is 11.6 Å². The van der Waals surface area contributed by atoms with Crippen LogP contribution < -0.4 is 0 Å². The van der Waals surface area contributed by atoms with Gasteiger partial charge in [0.1, 0.15) is 0 Å². The molecule has 0 aromatic heterocycles. The molecule has 2 fully saturated rings. The highest BCUT2D eigenvalue weighted by Gasteiger charge is 2.49. The molecule has 0 heterocycles. The van der Waals surface area contributed by atoms with E-state index in [0.717, 1.165) is 23.8 Å². The highest BCUT2D eigenvalue weighted by molar-refractivity contribution is 6.30. The van der Waals surface area contributed by atoms with Crippen molar-refractivity contribution in [2.45, 2.75) is 37.7 Å². The van der Waals surface area contributed by atoms with Crippen molar-refractivity contribution < 1.29 is 5.11 Å². The number of benzene rings is 1. The first kappa shape index (κ1) is 10.6. The molecule has 86 valence electrons. The molecule has 3 atom stereocenters. The van der Waals surface area contributed by atoms with Crippen molar-refractivity contribution in [2.75, 3.05) is 0 Å². The van der Waals surface area contributed by atoms with Crippen LogP contribution in [0, 0.1) is 11.8 Å². The predicted octanol–water partition coefficient (Wildman–Crippen LogP) is 3.43. The maximum absolute atomic E-state index is 10.7. The van der Waals surface area contributed by atoms with Gasteiger partial charge in [0.25, 0.3) is 0 Å². The number of fused-ring (bicyclic) bond motifs is 2. The summed E-state index contributed by atoms with van der Waals surface area (Å²) in [4.78, 5) is 0. The van der Waals surface area contributed by atoms with Gasteiger partial charge in [-0.1, -0.05) is 23.7 Å². The average Bonchev–Trinajstić information content (AvgIpc) is 2.76. The van der Waals surface area contributed by atoms with Crippen LogP contribution in [0.2, 0.25) is 5.02 Å². The first-order chi connectivity index (χ1) is 7.66. The van der Waals surface area contributed by atoms with Crippen molar-refractivity contribution in [1.82, 2.24) is 0 Å². The zero-order valence-electron chi connectivity index (χ0n) is 9.32. The minimum atomic E-state index is -0.451. The largest absolute Gasteiger partial charge is 0.389 e. The Morgan fingerprint density at radius 3 is 2.88 bits per heavy atom.